The predicted octanol–water partition coefficient (Wildman–Crippen LogP) is 4.71. The average Bonchev–Trinajstić information content (AvgIpc) is 3.02. The number of aliphatic hydroxyl groups is 1. The third kappa shape index (κ3) is 9.09. The smallest absolute Gasteiger partial charge is 0.405 e. The third-order valence-corrected chi connectivity index (χ3v) is 6.37. The monoisotopic (exact) mass is 570 g/mol. The highest BCUT2D eigenvalue weighted by Crippen LogP contribution is 2.42. The number of aliphatic hydroxyl groups excluding tert-OH is 1. The van der Waals surface area contributed by atoms with Crippen molar-refractivity contribution in [2.45, 2.75) is 38.5 Å². The van der Waals surface area contributed by atoms with E-state index in [0.717, 1.165) is 22.3 Å². The van der Waals surface area contributed by atoms with Crippen LogP contribution in [0.25, 0.3) is 0 Å². The van der Waals surface area contributed by atoms with Gasteiger partial charge in [-0.05, 0) is 34.7 Å². The quantitative estimate of drug-likeness (QED) is 0.113. The van der Waals surface area contributed by atoms with Crippen LogP contribution in [0.2, 0.25) is 0 Å². The van der Waals surface area contributed by atoms with Crippen molar-refractivity contribution < 1.29 is 34.0 Å². The Balaban J connectivity index is 1.60. The first kappa shape index (κ1) is 30.1. The Hall–Kier alpha value is -4.86. The SMILES string of the molecule is O=CC(NC(=O)O)[C@H](O)NCCc1ccc(OCc2ccccc2)c(OCc2ccccc2)c1OCc1ccccc1. The van der Waals surface area contributed by atoms with Crippen molar-refractivity contribution in [1.29, 1.82) is 0 Å². The van der Waals surface area contributed by atoms with Gasteiger partial charge in [-0.3, -0.25) is 5.32 Å². The number of hydrogen-bond donors (Lipinski definition) is 4. The second-order valence-corrected chi connectivity index (χ2v) is 9.46. The molecule has 0 bridgehead atoms. The summed E-state index contributed by atoms with van der Waals surface area (Å²) < 4.78 is 19.0. The molecule has 218 valence electrons. The molecule has 0 heterocycles. The number of rotatable bonds is 16. The van der Waals surface area contributed by atoms with E-state index in [1.807, 2.05) is 108 Å². The standard InChI is InChI=1S/C33H34N2O7/c36-20-28(35-33(38)39)32(37)34-19-18-27-16-17-29(40-21-24-10-4-1-5-11-24)31(42-23-26-14-8-3-9-15-26)30(27)41-22-25-12-6-2-7-13-25/h1-17,20,28,32,34-35,37H,18-19,21-23H2,(H,38,39)/t28?,32-/m0/s1. The molecule has 0 aliphatic carbocycles. The van der Waals surface area contributed by atoms with Crippen LogP contribution in [0.1, 0.15) is 22.3 Å². The summed E-state index contributed by atoms with van der Waals surface area (Å²) in [4.78, 5) is 22.2. The first-order valence-corrected chi connectivity index (χ1v) is 13.6. The van der Waals surface area contributed by atoms with E-state index >= 15 is 0 Å². The zero-order valence-corrected chi connectivity index (χ0v) is 23.0. The third-order valence-electron chi connectivity index (χ3n) is 6.37. The highest BCUT2D eigenvalue weighted by atomic mass is 16.5. The lowest BCUT2D eigenvalue weighted by atomic mass is 10.1. The number of amides is 1. The first-order valence-electron chi connectivity index (χ1n) is 13.6. The molecular weight excluding hydrogens is 536 g/mol. The highest BCUT2D eigenvalue weighted by Gasteiger charge is 2.22. The Morgan fingerprint density at radius 3 is 1.71 bits per heavy atom. The summed E-state index contributed by atoms with van der Waals surface area (Å²) in [7, 11) is 0. The molecule has 0 spiro atoms. The van der Waals surface area contributed by atoms with Crippen LogP contribution in [0, 0.1) is 0 Å². The normalized spacial score (nSPS) is 12.1. The summed E-state index contributed by atoms with van der Waals surface area (Å²) in [6, 6.07) is 31.7. The van der Waals surface area contributed by atoms with E-state index in [1.54, 1.807) is 0 Å². The highest BCUT2D eigenvalue weighted by molar-refractivity contribution is 5.71. The van der Waals surface area contributed by atoms with Crippen molar-refractivity contribution in [2.75, 3.05) is 6.54 Å². The molecule has 4 N–H and O–H groups in total. The number of carboxylic acid groups (broad SMARTS) is 1. The van der Waals surface area contributed by atoms with E-state index in [2.05, 4.69) is 5.32 Å². The lowest BCUT2D eigenvalue weighted by Gasteiger charge is -2.22. The summed E-state index contributed by atoms with van der Waals surface area (Å²) in [5, 5.41) is 24.0. The molecule has 2 atom stereocenters. The molecule has 9 heteroatoms. The zero-order valence-electron chi connectivity index (χ0n) is 23.0. The molecule has 42 heavy (non-hydrogen) atoms. The maximum Gasteiger partial charge on any atom is 0.405 e. The molecule has 0 fully saturated rings. The van der Waals surface area contributed by atoms with Gasteiger partial charge in [-0.1, -0.05) is 97.1 Å². The number of nitrogens with one attached hydrogen (secondary N) is 2. The fourth-order valence-corrected chi connectivity index (χ4v) is 4.20. The molecule has 4 aromatic rings. The Morgan fingerprint density at radius 2 is 1.21 bits per heavy atom. The fraction of sp³-hybridized carbons (Fsp3) is 0.212. The maximum atomic E-state index is 11.2. The minimum Gasteiger partial charge on any atom is -0.485 e. The second-order valence-electron chi connectivity index (χ2n) is 9.46. The van der Waals surface area contributed by atoms with E-state index in [9.17, 15) is 14.7 Å². The molecule has 0 aliphatic rings. The number of hydrogen-bond acceptors (Lipinski definition) is 7. The summed E-state index contributed by atoms with van der Waals surface area (Å²) >= 11 is 0. The fourth-order valence-electron chi connectivity index (χ4n) is 4.20. The van der Waals surface area contributed by atoms with Gasteiger partial charge in [0.25, 0.3) is 0 Å². The van der Waals surface area contributed by atoms with E-state index in [1.165, 1.54) is 0 Å². The summed E-state index contributed by atoms with van der Waals surface area (Å²) in [5.74, 6) is 1.45. The average molecular weight is 571 g/mol. The molecule has 0 radical (unpaired) electrons. The Bertz CT molecular complexity index is 1400. The first-order chi connectivity index (χ1) is 20.5. The predicted molar refractivity (Wildman–Crippen MR) is 157 cm³/mol. The Kier molecular flexibility index (Phi) is 11.3. The number of carbonyl (C=O) groups is 2. The number of ether oxygens (including phenoxy) is 3. The minimum absolute atomic E-state index is 0.219. The van der Waals surface area contributed by atoms with Gasteiger partial charge >= 0.3 is 6.09 Å². The van der Waals surface area contributed by atoms with Crippen molar-refractivity contribution in [2.24, 2.45) is 0 Å². The van der Waals surface area contributed by atoms with Gasteiger partial charge in [0.05, 0.1) is 0 Å². The van der Waals surface area contributed by atoms with Crippen molar-refractivity contribution in [3.8, 4) is 17.2 Å². The molecule has 0 aliphatic heterocycles. The van der Waals surface area contributed by atoms with Gasteiger partial charge in [-0.2, -0.15) is 0 Å². The lowest BCUT2D eigenvalue weighted by molar-refractivity contribution is -0.112. The van der Waals surface area contributed by atoms with Gasteiger partial charge in [0.1, 0.15) is 38.4 Å². The van der Waals surface area contributed by atoms with Crippen molar-refractivity contribution >= 4 is 12.4 Å². The summed E-state index contributed by atoms with van der Waals surface area (Å²) in [6.07, 6.45) is -2.10. The molecule has 4 aromatic carbocycles. The van der Waals surface area contributed by atoms with Crippen LogP contribution in [0.4, 0.5) is 4.79 Å². The van der Waals surface area contributed by atoms with Crippen molar-refractivity contribution in [1.82, 2.24) is 10.6 Å². The number of aldehydes is 1. The molecule has 1 unspecified atom stereocenters. The molecule has 0 saturated heterocycles. The van der Waals surface area contributed by atoms with Crippen molar-refractivity contribution in [3.63, 3.8) is 0 Å². The maximum absolute atomic E-state index is 11.2. The van der Waals surface area contributed by atoms with E-state index in [0.29, 0.717) is 36.6 Å². The molecule has 4 rings (SSSR count). The van der Waals surface area contributed by atoms with Gasteiger partial charge in [-0.15, -0.1) is 0 Å². The van der Waals surface area contributed by atoms with Crippen LogP contribution in [-0.4, -0.2) is 41.4 Å². The van der Waals surface area contributed by atoms with E-state index in [4.69, 9.17) is 19.3 Å². The Labute approximate surface area is 244 Å². The molecule has 9 nitrogen and oxygen atoms in total. The number of carbonyl (C=O) groups excluding carboxylic acids is 1. The van der Waals surface area contributed by atoms with Crippen LogP contribution in [0.15, 0.2) is 103 Å². The summed E-state index contributed by atoms with van der Waals surface area (Å²) in [6.45, 7) is 1.12. The topological polar surface area (TPSA) is 126 Å². The summed E-state index contributed by atoms with van der Waals surface area (Å²) in [5.41, 5.74) is 3.71. The van der Waals surface area contributed by atoms with Gasteiger partial charge in [0, 0.05) is 6.54 Å². The molecule has 0 aromatic heterocycles. The van der Waals surface area contributed by atoms with Crippen LogP contribution in [-0.2, 0) is 31.0 Å². The van der Waals surface area contributed by atoms with E-state index in [-0.39, 0.29) is 19.8 Å². The minimum atomic E-state index is -1.41. The molecule has 1 amide bonds. The van der Waals surface area contributed by atoms with E-state index < -0.39 is 18.4 Å². The van der Waals surface area contributed by atoms with Crippen LogP contribution >= 0.6 is 0 Å². The lowest BCUT2D eigenvalue weighted by Crippen LogP contribution is -2.51. The second kappa shape index (κ2) is 15.8. The zero-order chi connectivity index (χ0) is 29.6. The molecular formula is C33H34N2O7. The molecule has 0 saturated carbocycles. The number of benzene rings is 4. The Morgan fingerprint density at radius 1 is 0.714 bits per heavy atom. The van der Waals surface area contributed by atoms with Gasteiger partial charge in [-0.25, -0.2) is 4.79 Å². The van der Waals surface area contributed by atoms with Crippen molar-refractivity contribution in [3.05, 3.63) is 125 Å². The van der Waals surface area contributed by atoms with Gasteiger partial charge in [0.2, 0.25) is 5.75 Å². The van der Waals surface area contributed by atoms with Crippen LogP contribution in [0.5, 0.6) is 17.2 Å². The van der Waals surface area contributed by atoms with Crippen LogP contribution < -0.4 is 24.8 Å². The largest absolute Gasteiger partial charge is 0.485 e. The van der Waals surface area contributed by atoms with Gasteiger partial charge in [0.15, 0.2) is 11.5 Å². The van der Waals surface area contributed by atoms with Crippen LogP contribution in [0.3, 0.4) is 0 Å². The van der Waals surface area contributed by atoms with Gasteiger partial charge < -0.3 is 34.5 Å².